The molecule has 25 heavy (non-hydrogen) atoms. The highest BCUT2D eigenvalue weighted by Gasteiger charge is 2.54. The van der Waals surface area contributed by atoms with Crippen molar-refractivity contribution in [1.29, 1.82) is 0 Å². The van der Waals surface area contributed by atoms with Crippen LogP contribution in [-0.2, 0) is 9.47 Å². The van der Waals surface area contributed by atoms with Gasteiger partial charge < -0.3 is 19.1 Å². The minimum atomic E-state index is -0.708. The van der Waals surface area contributed by atoms with Crippen LogP contribution < -0.4 is 0 Å². The van der Waals surface area contributed by atoms with Crippen molar-refractivity contribution in [3.8, 4) is 0 Å². The maximum Gasteiger partial charge on any atom is 0.191 e. The third-order valence-corrected chi connectivity index (χ3v) is 5.87. The van der Waals surface area contributed by atoms with Gasteiger partial charge in [-0.05, 0) is 26.7 Å². The van der Waals surface area contributed by atoms with Crippen LogP contribution in [0.25, 0.3) is 11.2 Å². The Morgan fingerprint density at radius 2 is 2.12 bits per heavy atom. The number of fused-ring (bicyclic) bond motifs is 2. The van der Waals surface area contributed by atoms with Gasteiger partial charge in [0.2, 0.25) is 0 Å². The Kier molecular flexibility index (Phi) is 4.44. The molecule has 0 amide bonds. The van der Waals surface area contributed by atoms with Crippen LogP contribution in [0.1, 0.15) is 39.7 Å². The average molecular weight is 385 g/mol. The molecule has 4 atom stereocenters. The molecule has 2 fully saturated rings. The fraction of sp³-hybridized carbons (Fsp3) is 0.688. The standard InChI is InChI=1S/C16H21ClN4O3S/c1-4-5-25-15-19-13(17)10-14(20-15)21(7-18-10)8-6-9(22)12-11(8)23-16(2,3)24-12/h7-9,11-12,22H,4-6H2,1-3H3. The van der Waals surface area contributed by atoms with Gasteiger partial charge in [-0.1, -0.05) is 30.3 Å². The molecule has 0 aromatic carbocycles. The SMILES string of the molecule is CCCSc1nc(Cl)c2ncn(C3CC(O)C4OC(C)(C)OC43)c2n1. The second-order valence-electron chi connectivity index (χ2n) is 6.90. The van der Waals surface area contributed by atoms with E-state index in [-0.39, 0.29) is 18.2 Å². The molecule has 1 N–H and O–H groups in total. The second kappa shape index (κ2) is 6.35. The largest absolute Gasteiger partial charge is 0.390 e. The Hall–Kier alpha value is -0.930. The van der Waals surface area contributed by atoms with Gasteiger partial charge in [0.05, 0.1) is 18.5 Å². The van der Waals surface area contributed by atoms with Crippen molar-refractivity contribution in [2.24, 2.45) is 0 Å². The van der Waals surface area contributed by atoms with Crippen LogP contribution in [0.2, 0.25) is 5.15 Å². The number of thioether (sulfide) groups is 1. The van der Waals surface area contributed by atoms with E-state index in [1.807, 2.05) is 18.4 Å². The zero-order valence-electron chi connectivity index (χ0n) is 14.3. The Bertz CT molecular complexity index is 799. The van der Waals surface area contributed by atoms with Crippen molar-refractivity contribution in [3.05, 3.63) is 11.5 Å². The minimum absolute atomic E-state index is 0.109. The summed E-state index contributed by atoms with van der Waals surface area (Å²) in [7, 11) is 0. The third kappa shape index (κ3) is 3.04. The molecule has 1 saturated carbocycles. The predicted molar refractivity (Wildman–Crippen MR) is 94.8 cm³/mol. The smallest absolute Gasteiger partial charge is 0.191 e. The van der Waals surface area contributed by atoms with Gasteiger partial charge in [0, 0.05) is 5.75 Å². The Morgan fingerprint density at radius 3 is 2.88 bits per heavy atom. The van der Waals surface area contributed by atoms with Crippen molar-refractivity contribution >= 4 is 34.5 Å². The first-order valence-electron chi connectivity index (χ1n) is 8.46. The van der Waals surface area contributed by atoms with Gasteiger partial charge in [0.1, 0.15) is 17.7 Å². The van der Waals surface area contributed by atoms with Crippen molar-refractivity contribution in [1.82, 2.24) is 19.5 Å². The number of hydrogen-bond acceptors (Lipinski definition) is 7. The van der Waals surface area contributed by atoms with E-state index in [9.17, 15) is 5.11 Å². The number of hydrogen-bond donors (Lipinski definition) is 1. The molecule has 0 spiro atoms. The molecule has 1 aliphatic carbocycles. The van der Waals surface area contributed by atoms with E-state index in [1.165, 1.54) is 0 Å². The highest BCUT2D eigenvalue weighted by Crippen LogP contribution is 2.44. The summed E-state index contributed by atoms with van der Waals surface area (Å²) in [5.41, 5.74) is 1.24. The number of halogens is 1. The number of imidazole rings is 1. The van der Waals surface area contributed by atoms with Gasteiger partial charge in [-0.25, -0.2) is 15.0 Å². The summed E-state index contributed by atoms with van der Waals surface area (Å²) in [5, 5.41) is 11.4. The molecule has 1 aliphatic heterocycles. The van der Waals surface area contributed by atoms with E-state index >= 15 is 0 Å². The molecule has 9 heteroatoms. The van der Waals surface area contributed by atoms with E-state index in [0.29, 0.717) is 27.9 Å². The quantitative estimate of drug-likeness (QED) is 0.493. The first kappa shape index (κ1) is 17.5. The van der Waals surface area contributed by atoms with Crippen LogP contribution in [-0.4, -0.2) is 54.5 Å². The van der Waals surface area contributed by atoms with Crippen LogP contribution in [0.4, 0.5) is 0 Å². The maximum absolute atomic E-state index is 10.4. The van der Waals surface area contributed by atoms with Crippen molar-refractivity contribution in [3.63, 3.8) is 0 Å². The molecule has 1 saturated heterocycles. The Morgan fingerprint density at radius 1 is 1.36 bits per heavy atom. The summed E-state index contributed by atoms with van der Waals surface area (Å²) in [6.07, 6.45) is 2.08. The summed E-state index contributed by atoms with van der Waals surface area (Å²) in [4.78, 5) is 13.3. The van der Waals surface area contributed by atoms with Gasteiger partial charge in [0.25, 0.3) is 0 Å². The predicted octanol–water partition coefficient (Wildman–Crippen LogP) is 2.81. The molecule has 2 aliphatic rings. The van der Waals surface area contributed by atoms with Gasteiger partial charge >= 0.3 is 0 Å². The molecule has 0 bridgehead atoms. The topological polar surface area (TPSA) is 82.3 Å². The van der Waals surface area contributed by atoms with Gasteiger partial charge in [0.15, 0.2) is 21.7 Å². The molecule has 4 unspecified atom stereocenters. The lowest BCUT2D eigenvalue weighted by molar-refractivity contribution is -0.165. The normalized spacial score (nSPS) is 30.9. The van der Waals surface area contributed by atoms with Crippen LogP contribution >= 0.6 is 23.4 Å². The average Bonchev–Trinajstić information content (AvgIpc) is 3.18. The summed E-state index contributed by atoms with van der Waals surface area (Å²) < 4.78 is 13.8. The zero-order valence-corrected chi connectivity index (χ0v) is 15.9. The van der Waals surface area contributed by atoms with Crippen molar-refractivity contribution in [2.45, 2.75) is 68.9 Å². The number of aromatic nitrogens is 4. The first-order chi connectivity index (χ1) is 11.9. The molecular formula is C16H21ClN4O3S. The van der Waals surface area contributed by atoms with E-state index < -0.39 is 11.9 Å². The van der Waals surface area contributed by atoms with E-state index in [1.54, 1.807) is 18.1 Å². The summed E-state index contributed by atoms with van der Waals surface area (Å²) in [6.45, 7) is 5.83. The molecule has 4 rings (SSSR count). The Balaban J connectivity index is 1.73. The monoisotopic (exact) mass is 384 g/mol. The van der Waals surface area contributed by atoms with Crippen molar-refractivity contribution in [2.75, 3.05) is 5.75 Å². The van der Waals surface area contributed by atoms with E-state index in [4.69, 9.17) is 21.1 Å². The fourth-order valence-corrected chi connectivity index (χ4v) is 4.52. The van der Waals surface area contributed by atoms with Crippen LogP contribution in [0.5, 0.6) is 0 Å². The lowest BCUT2D eigenvalue weighted by Crippen LogP contribution is -2.28. The molecule has 2 aromatic heterocycles. The summed E-state index contributed by atoms with van der Waals surface area (Å²) in [6, 6.07) is -0.109. The summed E-state index contributed by atoms with van der Waals surface area (Å²) in [5.74, 6) is 0.216. The molecular weight excluding hydrogens is 364 g/mol. The maximum atomic E-state index is 10.4. The van der Waals surface area contributed by atoms with Gasteiger partial charge in [-0.3, -0.25) is 0 Å². The van der Waals surface area contributed by atoms with E-state index in [2.05, 4.69) is 21.9 Å². The lowest BCUT2D eigenvalue weighted by atomic mass is 10.2. The molecule has 0 radical (unpaired) electrons. The summed E-state index contributed by atoms with van der Waals surface area (Å²) >= 11 is 7.87. The van der Waals surface area contributed by atoms with Crippen LogP contribution in [0, 0.1) is 0 Å². The second-order valence-corrected chi connectivity index (χ2v) is 8.32. The van der Waals surface area contributed by atoms with Crippen molar-refractivity contribution < 1.29 is 14.6 Å². The molecule has 3 heterocycles. The van der Waals surface area contributed by atoms with Crippen LogP contribution in [0.3, 0.4) is 0 Å². The Labute approximate surface area is 155 Å². The van der Waals surface area contributed by atoms with E-state index in [0.717, 1.165) is 12.2 Å². The fourth-order valence-electron chi connectivity index (χ4n) is 3.56. The highest BCUT2D eigenvalue weighted by atomic mass is 35.5. The first-order valence-corrected chi connectivity index (χ1v) is 9.82. The number of aliphatic hydroxyl groups excluding tert-OH is 1. The highest BCUT2D eigenvalue weighted by molar-refractivity contribution is 7.99. The minimum Gasteiger partial charge on any atom is -0.390 e. The van der Waals surface area contributed by atoms with Crippen LogP contribution in [0.15, 0.2) is 11.5 Å². The number of nitrogens with zero attached hydrogens (tertiary/aromatic N) is 4. The zero-order chi connectivity index (χ0) is 17.8. The number of aliphatic hydroxyl groups is 1. The van der Waals surface area contributed by atoms with Gasteiger partial charge in [-0.15, -0.1) is 0 Å². The molecule has 2 aromatic rings. The third-order valence-electron chi connectivity index (χ3n) is 4.56. The number of ether oxygens (including phenoxy) is 2. The lowest BCUT2D eigenvalue weighted by Gasteiger charge is -2.23. The molecule has 7 nitrogen and oxygen atoms in total. The number of rotatable bonds is 4. The van der Waals surface area contributed by atoms with Gasteiger partial charge in [-0.2, -0.15) is 0 Å². The molecule has 136 valence electrons.